The van der Waals surface area contributed by atoms with Crippen molar-refractivity contribution < 1.29 is 5.11 Å². The number of aliphatic hydroxyl groups is 1. The number of hydrogen-bond acceptors (Lipinski definition) is 5. The first-order valence-corrected chi connectivity index (χ1v) is 9.37. The van der Waals surface area contributed by atoms with Crippen LogP contribution in [0, 0.1) is 6.92 Å². The number of nitrogens with zero attached hydrogens (tertiary/aromatic N) is 3. The van der Waals surface area contributed by atoms with Gasteiger partial charge in [-0.05, 0) is 57.2 Å². The Balaban J connectivity index is 0.00000117. The summed E-state index contributed by atoms with van der Waals surface area (Å²) in [7, 11) is 0. The van der Waals surface area contributed by atoms with Crippen molar-refractivity contribution in [3.63, 3.8) is 0 Å². The van der Waals surface area contributed by atoms with Gasteiger partial charge in [0.1, 0.15) is 17.2 Å². The number of nitrogen functional groups attached to an aromatic ring is 1. The molecule has 0 spiro atoms. The predicted octanol–water partition coefficient (Wildman–Crippen LogP) is 4.73. The average molecular weight is 358 g/mol. The molecule has 6 heteroatoms. The van der Waals surface area contributed by atoms with Crippen LogP contribution < -0.4 is 10.6 Å². The van der Waals surface area contributed by atoms with Crippen molar-refractivity contribution in [3.8, 4) is 0 Å². The number of anilines is 2. The van der Waals surface area contributed by atoms with E-state index in [0.717, 1.165) is 53.1 Å². The van der Waals surface area contributed by atoms with Crippen LogP contribution in [0.5, 0.6) is 0 Å². The Kier molecular flexibility index (Phi) is 6.29. The van der Waals surface area contributed by atoms with E-state index in [1.165, 1.54) is 6.42 Å². The summed E-state index contributed by atoms with van der Waals surface area (Å²) in [5, 5.41) is 10.5. The fourth-order valence-electron chi connectivity index (χ4n) is 3.58. The normalized spacial score (nSPS) is 17.8. The Bertz CT molecular complexity index is 821. The van der Waals surface area contributed by atoms with E-state index in [1.807, 2.05) is 27.7 Å². The summed E-state index contributed by atoms with van der Waals surface area (Å²) >= 11 is 0. The average Bonchev–Trinajstić information content (AvgIpc) is 2.92. The molecule has 1 aliphatic heterocycles. The van der Waals surface area contributed by atoms with Crippen LogP contribution in [-0.2, 0) is 0 Å². The molecule has 0 saturated carbocycles. The lowest BCUT2D eigenvalue weighted by Crippen LogP contribution is -2.38. The Hall–Kier alpha value is -2.50. The number of aromatic amines is 1. The molecule has 0 aromatic carbocycles. The van der Waals surface area contributed by atoms with Crippen LogP contribution in [0.1, 0.15) is 58.2 Å². The smallest absolute Gasteiger partial charge is 0.223 e. The largest absolute Gasteiger partial charge is 0.509 e. The lowest BCUT2D eigenvalue weighted by molar-refractivity contribution is 0.435. The number of aliphatic hydroxyl groups excluding tert-OH is 1. The summed E-state index contributed by atoms with van der Waals surface area (Å²) in [6, 6.07) is 0.433. The SMILES string of the molecule is C=C(O)/C=C(/C)c1[nH]c2nc(N)nc(N3CCCCC3C)c2c1C.CC. The van der Waals surface area contributed by atoms with E-state index in [0.29, 0.717) is 6.04 Å². The molecule has 0 bridgehead atoms. The van der Waals surface area contributed by atoms with Crippen LogP contribution in [0.2, 0.25) is 0 Å². The van der Waals surface area contributed by atoms with Crippen LogP contribution in [0.15, 0.2) is 18.4 Å². The number of piperidine rings is 1. The molecule has 0 radical (unpaired) electrons. The molecule has 6 nitrogen and oxygen atoms in total. The van der Waals surface area contributed by atoms with Crippen molar-refractivity contribution in [3.05, 3.63) is 29.7 Å². The summed E-state index contributed by atoms with van der Waals surface area (Å²) in [6.45, 7) is 14.7. The van der Waals surface area contributed by atoms with Crippen LogP contribution >= 0.6 is 0 Å². The zero-order valence-electron chi connectivity index (χ0n) is 16.6. The van der Waals surface area contributed by atoms with Gasteiger partial charge in [0.25, 0.3) is 0 Å². The lowest BCUT2D eigenvalue weighted by atomic mass is 10.0. The van der Waals surface area contributed by atoms with Crippen molar-refractivity contribution >= 4 is 28.4 Å². The monoisotopic (exact) mass is 357 g/mol. The quantitative estimate of drug-likeness (QED) is 0.546. The Morgan fingerprint density at radius 2 is 2.04 bits per heavy atom. The summed E-state index contributed by atoms with van der Waals surface area (Å²) in [5.74, 6) is 1.21. The molecule has 1 unspecified atom stereocenters. The van der Waals surface area contributed by atoms with E-state index >= 15 is 0 Å². The number of aromatic nitrogens is 3. The minimum Gasteiger partial charge on any atom is -0.509 e. The second kappa shape index (κ2) is 8.25. The number of nitrogens with one attached hydrogen (secondary N) is 1. The molecule has 26 heavy (non-hydrogen) atoms. The van der Waals surface area contributed by atoms with E-state index < -0.39 is 0 Å². The highest BCUT2D eigenvalue weighted by molar-refractivity contribution is 5.95. The Morgan fingerprint density at radius 1 is 1.35 bits per heavy atom. The van der Waals surface area contributed by atoms with Crippen molar-refractivity contribution in [2.24, 2.45) is 0 Å². The number of rotatable bonds is 3. The summed E-state index contributed by atoms with van der Waals surface area (Å²) in [6.07, 6.45) is 5.21. The van der Waals surface area contributed by atoms with Gasteiger partial charge < -0.3 is 20.7 Å². The van der Waals surface area contributed by atoms with E-state index in [2.05, 4.69) is 33.4 Å². The molecule has 1 fully saturated rings. The minimum absolute atomic E-state index is 0.0287. The van der Waals surface area contributed by atoms with Crippen LogP contribution in [0.3, 0.4) is 0 Å². The van der Waals surface area contributed by atoms with E-state index in [1.54, 1.807) is 6.08 Å². The highest BCUT2D eigenvalue weighted by atomic mass is 16.3. The highest BCUT2D eigenvalue weighted by Gasteiger charge is 2.25. The zero-order chi connectivity index (χ0) is 19.4. The maximum atomic E-state index is 9.45. The van der Waals surface area contributed by atoms with Gasteiger partial charge in [-0.1, -0.05) is 20.4 Å². The fourth-order valence-corrected chi connectivity index (χ4v) is 3.58. The highest BCUT2D eigenvalue weighted by Crippen LogP contribution is 2.35. The Labute approximate surface area is 155 Å². The van der Waals surface area contributed by atoms with Gasteiger partial charge in [-0.15, -0.1) is 0 Å². The maximum absolute atomic E-state index is 9.45. The molecule has 2 aromatic heterocycles. The molecule has 1 aliphatic rings. The maximum Gasteiger partial charge on any atom is 0.223 e. The number of nitrogens with two attached hydrogens (primary N) is 1. The number of aryl methyl sites for hydroxylation is 1. The second-order valence-electron chi connectivity index (χ2n) is 6.61. The number of H-pyrrole nitrogens is 1. The van der Waals surface area contributed by atoms with Gasteiger partial charge in [-0.3, -0.25) is 0 Å². The van der Waals surface area contributed by atoms with Crippen LogP contribution in [0.25, 0.3) is 16.6 Å². The molecule has 142 valence electrons. The summed E-state index contributed by atoms with van der Waals surface area (Å²) in [5.41, 5.74) is 9.57. The topological polar surface area (TPSA) is 91.1 Å². The molecule has 3 heterocycles. The molecule has 2 aromatic rings. The molecule has 1 saturated heterocycles. The van der Waals surface area contributed by atoms with Crippen molar-refractivity contribution in [1.82, 2.24) is 15.0 Å². The first kappa shape index (κ1) is 19.8. The third kappa shape index (κ3) is 3.84. The molecule has 1 atom stereocenters. The number of hydrogen-bond donors (Lipinski definition) is 3. The third-order valence-corrected chi connectivity index (χ3v) is 4.75. The third-order valence-electron chi connectivity index (χ3n) is 4.75. The van der Waals surface area contributed by atoms with Gasteiger partial charge in [-0.25, -0.2) is 0 Å². The van der Waals surface area contributed by atoms with Crippen molar-refractivity contribution in [2.75, 3.05) is 17.2 Å². The molecule has 0 amide bonds. The second-order valence-corrected chi connectivity index (χ2v) is 6.61. The summed E-state index contributed by atoms with van der Waals surface area (Å²) in [4.78, 5) is 14.6. The predicted molar refractivity (Wildman–Crippen MR) is 110 cm³/mol. The van der Waals surface area contributed by atoms with Crippen molar-refractivity contribution in [2.45, 2.75) is 59.9 Å². The molecule has 0 aliphatic carbocycles. The minimum atomic E-state index is 0.0287. The van der Waals surface area contributed by atoms with Gasteiger partial charge in [-0.2, -0.15) is 9.97 Å². The summed E-state index contributed by atoms with van der Waals surface area (Å²) < 4.78 is 0. The van der Waals surface area contributed by atoms with Crippen LogP contribution in [-0.4, -0.2) is 32.6 Å². The van der Waals surface area contributed by atoms with Gasteiger partial charge in [0.2, 0.25) is 5.95 Å². The van der Waals surface area contributed by atoms with E-state index in [4.69, 9.17) is 5.73 Å². The standard InChI is InChI=1S/C18H25N5O.C2H6/c1-10(9-12(3)24)15-13(4)14-16(20-15)21-18(19)22-17(14)23-8-6-5-7-11(23)2;1-2/h9,11,24H,3,5-8H2,1-2,4H3,(H3,19,20,21,22);1-2H3/b10-9-;. The van der Waals surface area contributed by atoms with Crippen LogP contribution in [0.4, 0.5) is 11.8 Å². The molecule has 3 rings (SSSR count). The van der Waals surface area contributed by atoms with Gasteiger partial charge in [0, 0.05) is 18.3 Å². The lowest BCUT2D eigenvalue weighted by Gasteiger charge is -2.34. The molecular weight excluding hydrogens is 326 g/mol. The van der Waals surface area contributed by atoms with Crippen molar-refractivity contribution in [1.29, 1.82) is 0 Å². The van der Waals surface area contributed by atoms with E-state index in [9.17, 15) is 5.11 Å². The Morgan fingerprint density at radius 3 is 2.65 bits per heavy atom. The number of fused-ring (bicyclic) bond motifs is 1. The molecular formula is C20H31N5O. The van der Waals surface area contributed by atoms with E-state index in [-0.39, 0.29) is 11.7 Å². The molecule has 4 N–H and O–H groups in total. The first-order chi connectivity index (χ1) is 12.4. The van der Waals surface area contributed by atoms with Gasteiger partial charge in [0.15, 0.2) is 0 Å². The fraction of sp³-hybridized carbons (Fsp3) is 0.500. The van der Waals surface area contributed by atoms with Gasteiger partial charge in [0.05, 0.1) is 5.39 Å². The first-order valence-electron chi connectivity index (χ1n) is 9.37. The zero-order valence-corrected chi connectivity index (χ0v) is 16.6. The van der Waals surface area contributed by atoms with Gasteiger partial charge >= 0.3 is 0 Å². The number of allylic oxidation sites excluding steroid dienone is 2.